The van der Waals surface area contributed by atoms with E-state index in [0.717, 1.165) is 4.88 Å². The monoisotopic (exact) mass is 239 g/mol. The summed E-state index contributed by atoms with van der Waals surface area (Å²) in [5, 5.41) is 12.9. The van der Waals surface area contributed by atoms with E-state index in [9.17, 15) is 4.79 Å². The number of amidine groups is 1. The lowest BCUT2D eigenvalue weighted by Gasteiger charge is -1.88. The van der Waals surface area contributed by atoms with Crippen molar-refractivity contribution in [1.29, 1.82) is 0 Å². The average Bonchev–Trinajstić information content (AvgIpc) is 2.79. The van der Waals surface area contributed by atoms with Crippen LogP contribution in [0.3, 0.4) is 0 Å². The molecule has 0 aromatic carbocycles. The molecular formula is C9H9N3OS2. The van der Waals surface area contributed by atoms with E-state index < -0.39 is 0 Å². The summed E-state index contributed by atoms with van der Waals surface area (Å²) in [5.74, 6) is -0.00919. The van der Waals surface area contributed by atoms with Crippen LogP contribution in [0.5, 0.6) is 0 Å². The Balaban J connectivity index is 1.98. The smallest absolute Gasteiger partial charge is 0.239 e. The van der Waals surface area contributed by atoms with Crippen molar-refractivity contribution in [2.45, 2.75) is 12.2 Å². The summed E-state index contributed by atoms with van der Waals surface area (Å²) in [6, 6.07) is 3.91. The number of amides is 1. The minimum Gasteiger partial charge on any atom is -0.303 e. The molecule has 1 aromatic rings. The first-order valence-electron chi connectivity index (χ1n) is 4.38. The van der Waals surface area contributed by atoms with Crippen LogP contribution in [-0.4, -0.2) is 22.5 Å². The Morgan fingerprint density at radius 2 is 2.47 bits per heavy atom. The molecule has 0 radical (unpaired) electrons. The Labute approximate surface area is 95.5 Å². The summed E-state index contributed by atoms with van der Waals surface area (Å²) in [7, 11) is 0. The van der Waals surface area contributed by atoms with Gasteiger partial charge in [0.25, 0.3) is 0 Å². The maximum Gasteiger partial charge on any atom is 0.239 e. The molecule has 0 aliphatic carbocycles. The lowest BCUT2D eigenvalue weighted by molar-refractivity contribution is -0.118. The van der Waals surface area contributed by atoms with Crippen LogP contribution in [0.1, 0.15) is 11.8 Å². The number of nitrogens with zero attached hydrogens (tertiary/aromatic N) is 2. The van der Waals surface area contributed by atoms with Gasteiger partial charge in [-0.2, -0.15) is 5.10 Å². The van der Waals surface area contributed by atoms with E-state index in [4.69, 9.17) is 0 Å². The summed E-state index contributed by atoms with van der Waals surface area (Å²) in [6.45, 7) is 1.84. The van der Waals surface area contributed by atoms with E-state index in [1.165, 1.54) is 11.8 Å². The van der Waals surface area contributed by atoms with Gasteiger partial charge in [-0.1, -0.05) is 17.8 Å². The van der Waals surface area contributed by atoms with E-state index in [0.29, 0.717) is 5.17 Å². The van der Waals surface area contributed by atoms with Crippen molar-refractivity contribution in [3.05, 3.63) is 22.4 Å². The van der Waals surface area contributed by atoms with E-state index >= 15 is 0 Å². The molecule has 0 bridgehead atoms. The van der Waals surface area contributed by atoms with E-state index in [1.807, 2.05) is 24.4 Å². The van der Waals surface area contributed by atoms with Gasteiger partial charge in [-0.3, -0.25) is 4.79 Å². The molecule has 6 heteroatoms. The summed E-state index contributed by atoms with van der Waals surface area (Å²) < 4.78 is 0. The number of nitrogens with one attached hydrogen (secondary N) is 1. The largest absolute Gasteiger partial charge is 0.303 e. The minimum absolute atomic E-state index is 0.00919. The molecule has 1 aliphatic rings. The quantitative estimate of drug-likeness (QED) is 0.630. The highest BCUT2D eigenvalue weighted by Gasteiger charge is 2.25. The van der Waals surface area contributed by atoms with Crippen molar-refractivity contribution in [3.63, 3.8) is 0 Å². The second-order valence-electron chi connectivity index (χ2n) is 2.91. The fourth-order valence-electron chi connectivity index (χ4n) is 1.01. The van der Waals surface area contributed by atoms with Crippen molar-refractivity contribution >= 4 is 40.4 Å². The topological polar surface area (TPSA) is 53.8 Å². The van der Waals surface area contributed by atoms with Crippen molar-refractivity contribution in [2.24, 2.45) is 10.2 Å². The predicted molar refractivity (Wildman–Crippen MR) is 64.5 cm³/mol. The maximum atomic E-state index is 11.1. The first-order chi connectivity index (χ1) is 7.25. The second-order valence-corrected chi connectivity index (χ2v) is 5.22. The van der Waals surface area contributed by atoms with Gasteiger partial charge in [-0.25, -0.2) is 0 Å². The van der Waals surface area contributed by atoms with Crippen LogP contribution in [0, 0.1) is 0 Å². The van der Waals surface area contributed by atoms with Crippen molar-refractivity contribution in [3.8, 4) is 0 Å². The minimum atomic E-state index is -0.0688. The zero-order chi connectivity index (χ0) is 10.7. The third-order valence-electron chi connectivity index (χ3n) is 1.76. The lowest BCUT2D eigenvalue weighted by Crippen LogP contribution is -2.23. The third-order valence-corrected chi connectivity index (χ3v) is 3.55. The number of hydrogen-bond donors (Lipinski definition) is 1. The molecule has 2 heterocycles. The third kappa shape index (κ3) is 2.66. The van der Waals surface area contributed by atoms with Crippen LogP contribution in [0.2, 0.25) is 0 Å². The van der Waals surface area contributed by atoms with Gasteiger partial charge < -0.3 is 5.32 Å². The van der Waals surface area contributed by atoms with E-state index in [-0.39, 0.29) is 11.2 Å². The molecule has 0 unspecified atom stereocenters. The summed E-state index contributed by atoms with van der Waals surface area (Å²) in [4.78, 5) is 12.2. The van der Waals surface area contributed by atoms with Gasteiger partial charge in [-0.05, 0) is 18.4 Å². The number of thioether (sulfide) groups is 1. The Hall–Kier alpha value is -1.14. The van der Waals surface area contributed by atoms with Crippen molar-refractivity contribution in [1.82, 2.24) is 5.32 Å². The molecule has 78 valence electrons. The molecule has 1 aromatic heterocycles. The van der Waals surface area contributed by atoms with Crippen molar-refractivity contribution < 1.29 is 4.79 Å². The molecule has 15 heavy (non-hydrogen) atoms. The highest BCUT2D eigenvalue weighted by Crippen LogP contribution is 2.18. The van der Waals surface area contributed by atoms with Crippen LogP contribution in [0.15, 0.2) is 27.7 Å². The Bertz CT molecular complexity index is 411. The molecule has 4 nitrogen and oxygen atoms in total. The van der Waals surface area contributed by atoms with Crippen LogP contribution in [-0.2, 0) is 4.79 Å². The van der Waals surface area contributed by atoms with Gasteiger partial charge in [-0.15, -0.1) is 16.4 Å². The molecule has 0 spiro atoms. The molecule has 1 aliphatic heterocycles. The summed E-state index contributed by atoms with van der Waals surface area (Å²) in [6.07, 6.45) is 1.67. The Morgan fingerprint density at radius 1 is 1.60 bits per heavy atom. The standard InChI is InChI=1S/C9H9N3OS2/c1-6-8(13)11-9(15-6)12-10-5-7-3-2-4-14-7/h2-6H,1H3,(H,11,12,13)/t6-/m0/s1. The number of carbonyl (C=O) groups excluding carboxylic acids is 1. The normalized spacial score (nSPS) is 23.9. The lowest BCUT2D eigenvalue weighted by atomic mass is 10.4. The Kier molecular flexibility index (Phi) is 3.17. The van der Waals surface area contributed by atoms with Gasteiger partial charge in [0.1, 0.15) is 0 Å². The molecule has 2 rings (SSSR count). The highest BCUT2D eigenvalue weighted by molar-refractivity contribution is 8.15. The first-order valence-corrected chi connectivity index (χ1v) is 6.13. The Morgan fingerprint density at radius 3 is 3.07 bits per heavy atom. The summed E-state index contributed by atoms with van der Waals surface area (Å²) in [5.41, 5.74) is 0. The second kappa shape index (κ2) is 4.59. The van der Waals surface area contributed by atoms with Gasteiger partial charge >= 0.3 is 0 Å². The van der Waals surface area contributed by atoms with Gasteiger partial charge in [0.05, 0.1) is 11.5 Å². The SMILES string of the molecule is C[C@@H]1SC(=NN=Cc2cccs2)NC1=O. The molecule has 1 fully saturated rings. The van der Waals surface area contributed by atoms with Gasteiger partial charge in [0.2, 0.25) is 5.91 Å². The fraction of sp³-hybridized carbons (Fsp3) is 0.222. The van der Waals surface area contributed by atoms with E-state index in [2.05, 4.69) is 15.5 Å². The van der Waals surface area contributed by atoms with Crippen LogP contribution < -0.4 is 5.32 Å². The molecule has 1 amide bonds. The van der Waals surface area contributed by atoms with Crippen LogP contribution in [0.4, 0.5) is 0 Å². The zero-order valence-electron chi connectivity index (χ0n) is 8.01. The number of hydrogen-bond acceptors (Lipinski definition) is 5. The van der Waals surface area contributed by atoms with Crippen LogP contribution in [0.25, 0.3) is 0 Å². The van der Waals surface area contributed by atoms with Crippen molar-refractivity contribution in [2.75, 3.05) is 0 Å². The van der Waals surface area contributed by atoms with Gasteiger partial charge in [0, 0.05) is 4.88 Å². The summed E-state index contributed by atoms with van der Waals surface area (Å²) >= 11 is 2.98. The maximum absolute atomic E-state index is 11.1. The molecule has 0 saturated carbocycles. The number of carbonyl (C=O) groups is 1. The highest BCUT2D eigenvalue weighted by atomic mass is 32.2. The fourth-order valence-corrected chi connectivity index (χ4v) is 2.34. The number of rotatable bonds is 2. The van der Waals surface area contributed by atoms with Gasteiger partial charge in [0.15, 0.2) is 5.17 Å². The average molecular weight is 239 g/mol. The van der Waals surface area contributed by atoms with E-state index in [1.54, 1.807) is 17.6 Å². The molecular weight excluding hydrogens is 230 g/mol. The molecule has 1 atom stereocenters. The first kappa shape index (κ1) is 10.4. The molecule has 1 saturated heterocycles. The zero-order valence-corrected chi connectivity index (χ0v) is 9.64. The predicted octanol–water partition coefficient (Wildman–Crippen LogP) is 1.69. The molecule has 1 N–H and O–H groups in total. The number of thiophene rings is 1. The van der Waals surface area contributed by atoms with Crippen LogP contribution >= 0.6 is 23.1 Å².